The summed E-state index contributed by atoms with van der Waals surface area (Å²) in [4.78, 5) is 21.4. The van der Waals surface area contributed by atoms with Crippen molar-refractivity contribution in [1.29, 1.82) is 0 Å². The molecule has 0 aliphatic carbocycles. The lowest BCUT2D eigenvalue weighted by Crippen LogP contribution is -2.61. The van der Waals surface area contributed by atoms with E-state index < -0.39 is 0 Å². The van der Waals surface area contributed by atoms with Crippen LogP contribution in [0.2, 0.25) is 0 Å². The highest BCUT2D eigenvalue weighted by Crippen LogP contribution is 2.22. The van der Waals surface area contributed by atoms with E-state index in [1.54, 1.807) is 0 Å². The van der Waals surface area contributed by atoms with Crippen LogP contribution in [-0.4, -0.2) is 54.1 Å². The fourth-order valence-electron chi connectivity index (χ4n) is 3.27. The number of piperidine rings is 1. The van der Waals surface area contributed by atoms with Gasteiger partial charge in [0.15, 0.2) is 0 Å². The van der Waals surface area contributed by atoms with Gasteiger partial charge in [-0.3, -0.25) is 4.79 Å². The van der Waals surface area contributed by atoms with E-state index in [-0.39, 0.29) is 36.3 Å². The monoisotopic (exact) mass is 360 g/mol. The zero-order valence-corrected chi connectivity index (χ0v) is 15.2. The molecule has 3 heterocycles. The van der Waals surface area contributed by atoms with Crippen LogP contribution in [0.15, 0.2) is 24.4 Å². The van der Waals surface area contributed by atoms with Crippen LogP contribution in [0, 0.1) is 0 Å². The molecule has 1 aromatic heterocycles. The second-order valence-electron chi connectivity index (χ2n) is 6.18. The van der Waals surface area contributed by atoms with E-state index in [0.29, 0.717) is 0 Å². The Bertz CT molecular complexity index is 486. The second kappa shape index (κ2) is 8.71. The first kappa shape index (κ1) is 20.0. The molecule has 0 aromatic carbocycles. The van der Waals surface area contributed by atoms with Gasteiger partial charge in [0, 0.05) is 32.4 Å². The fraction of sp³-hybridized carbons (Fsp3) is 0.625. The molecule has 130 valence electrons. The van der Waals surface area contributed by atoms with Gasteiger partial charge in [0.25, 0.3) is 0 Å². The Morgan fingerprint density at radius 3 is 2.48 bits per heavy atom. The van der Waals surface area contributed by atoms with Crippen molar-refractivity contribution in [3.8, 4) is 0 Å². The lowest BCUT2D eigenvalue weighted by molar-refractivity contribution is -0.139. The van der Waals surface area contributed by atoms with Gasteiger partial charge in [-0.1, -0.05) is 6.07 Å². The lowest BCUT2D eigenvalue weighted by atomic mass is 9.89. The first-order valence-electron chi connectivity index (χ1n) is 7.89. The second-order valence-corrected chi connectivity index (χ2v) is 6.18. The first-order valence-corrected chi connectivity index (χ1v) is 7.89. The number of pyridine rings is 1. The summed E-state index contributed by atoms with van der Waals surface area (Å²) in [6, 6.07) is 5.97. The molecular weight excluding hydrogens is 335 g/mol. The van der Waals surface area contributed by atoms with Crippen LogP contribution in [0.5, 0.6) is 0 Å². The first-order chi connectivity index (χ1) is 10.2. The van der Waals surface area contributed by atoms with Crippen LogP contribution >= 0.6 is 24.8 Å². The van der Waals surface area contributed by atoms with Crippen molar-refractivity contribution < 1.29 is 4.79 Å². The third-order valence-electron chi connectivity index (χ3n) is 4.63. The minimum atomic E-state index is -0.356. The molecule has 1 atom stereocenters. The Kier molecular flexibility index (Phi) is 7.58. The van der Waals surface area contributed by atoms with Crippen molar-refractivity contribution in [3.63, 3.8) is 0 Å². The predicted molar refractivity (Wildman–Crippen MR) is 97.8 cm³/mol. The smallest absolute Gasteiger partial charge is 0.242 e. The molecule has 1 amide bonds. The molecule has 1 unspecified atom stereocenters. The summed E-state index contributed by atoms with van der Waals surface area (Å²) in [6.45, 7) is 6.30. The Morgan fingerprint density at radius 2 is 1.91 bits per heavy atom. The SMILES string of the molecule is CC1(C(=O)N2CCN(c3ccccn3)CC2)CCCCN1.Cl.Cl. The third kappa shape index (κ3) is 4.49. The van der Waals surface area contributed by atoms with E-state index in [1.165, 1.54) is 6.42 Å². The average molecular weight is 361 g/mol. The molecule has 0 bridgehead atoms. The maximum atomic E-state index is 12.7. The molecule has 0 spiro atoms. The predicted octanol–water partition coefficient (Wildman–Crippen LogP) is 2.11. The van der Waals surface area contributed by atoms with Crippen LogP contribution in [0.1, 0.15) is 26.2 Å². The Morgan fingerprint density at radius 1 is 1.17 bits per heavy atom. The highest BCUT2D eigenvalue weighted by Gasteiger charge is 2.38. The van der Waals surface area contributed by atoms with Gasteiger partial charge in [-0.2, -0.15) is 0 Å². The van der Waals surface area contributed by atoms with Crippen molar-refractivity contribution in [2.75, 3.05) is 37.6 Å². The van der Waals surface area contributed by atoms with E-state index in [9.17, 15) is 4.79 Å². The molecule has 1 aromatic rings. The number of piperazine rings is 1. The van der Waals surface area contributed by atoms with Crippen molar-refractivity contribution >= 4 is 36.5 Å². The number of anilines is 1. The molecule has 2 aliphatic rings. The van der Waals surface area contributed by atoms with Gasteiger partial charge in [-0.05, 0) is 44.9 Å². The van der Waals surface area contributed by atoms with Gasteiger partial charge >= 0.3 is 0 Å². The van der Waals surface area contributed by atoms with Crippen molar-refractivity contribution in [2.45, 2.75) is 31.7 Å². The molecule has 0 radical (unpaired) electrons. The van der Waals surface area contributed by atoms with E-state index >= 15 is 0 Å². The number of halogens is 2. The highest BCUT2D eigenvalue weighted by atomic mass is 35.5. The van der Waals surface area contributed by atoms with Gasteiger partial charge in [-0.25, -0.2) is 4.98 Å². The van der Waals surface area contributed by atoms with E-state index in [1.807, 2.05) is 29.3 Å². The molecular formula is C16H26Cl2N4O. The summed E-state index contributed by atoms with van der Waals surface area (Å²) in [6.07, 6.45) is 5.09. The number of rotatable bonds is 2. The lowest BCUT2D eigenvalue weighted by Gasteiger charge is -2.42. The molecule has 5 nitrogen and oxygen atoms in total. The normalized spacial score (nSPS) is 24.4. The van der Waals surface area contributed by atoms with Crippen molar-refractivity contribution in [2.24, 2.45) is 0 Å². The maximum absolute atomic E-state index is 12.7. The van der Waals surface area contributed by atoms with Crippen LogP contribution in [0.4, 0.5) is 5.82 Å². The Labute approximate surface area is 150 Å². The standard InChI is InChI=1S/C16H24N4O.2ClH/c1-16(7-3-5-9-18-16)15(21)20-12-10-19(11-13-20)14-6-2-4-8-17-14;;/h2,4,6,8,18H,3,5,7,9-13H2,1H3;2*1H. The zero-order valence-electron chi connectivity index (χ0n) is 13.5. The van der Waals surface area contributed by atoms with Crippen molar-refractivity contribution in [1.82, 2.24) is 15.2 Å². The third-order valence-corrected chi connectivity index (χ3v) is 4.63. The van der Waals surface area contributed by atoms with Gasteiger partial charge in [0.05, 0.1) is 5.54 Å². The zero-order chi connectivity index (χ0) is 14.7. The number of amides is 1. The molecule has 0 saturated carbocycles. The largest absolute Gasteiger partial charge is 0.353 e. The number of nitrogens with zero attached hydrogens (tertiary/aromatic N) is 3. The summed E-state index contributed by atoms with van der Waals surface area (Å²) in [5, 5.41) is 3.42. The van der Waals surface area contributed by atoms with Gasteiger partial charge in [0.1, 0.15) is 5.82 Å². The van der Waals surface area contributed by atoms with Crippen LogP contribution in [-0.2, 0) is 4.79 Å². The molecule has 7 heteroatoms. The minimum Gasteiger partial charge on any atom is -0.353 e. The van der Waals surface area contributed by atoms with E-state index in [2.05, 4.69) is 22.1 Å². The molecule has 3 rings (SSSR count). The summed E-state index contributed by atoms with van der Waals surface area (Å²) >= 11 is 0. The number of carbonyl (C=O) groups excluding carboxylic acids is 1. The quantitative estimate of drug-likeness (QED) is 0.877. The number of carbonyl (C=O) groups is 1. The summed E-state index contributed by atoms with van der Waals surface area (Å²) in [7, 11) is 0. The van der Waals surface area contributed by atoms with Crippen LogP contribution < -0.4 is 10.2 Å². The van der Waals surface area contributed by atoms with E-state index in [0.717, 1.165) is 51.4 Å². The fourth-order valence-corrected chi connectivity index (χ4v) is 3.27. The van der Waals surface area contributed by atoms with Crippen molar-refractivity contribution in [3.05, 3.63) is 24.4 Å². The number of hydrogen-bond donors (Lipinski definition) is 1. The topological polar surface area (TPSA) is 48.5 Å². The summed E-state index contributed by atoms with van der Waals surface area (Å²) in [5.74, 6) is 1.27. The van der Waals surface area contributed by atoms with E-state index in [4.69, 9.17) is 0 Å². The minimum absolute atomic E-state index is 0. The van der Waals surface area contributed by atoms with Gasteiger partial charge in [0.2, 0.25) is 5.91 Å². The molecule has 2 fully saturated rings. The Balaban J connectivity index is 0.00000132. The molecule has 2 aliphatic heterocycles. The Hall–Kier alpha value is -1.04. The maximum Gasteiger partial charge on any atom is 0.242 e. The molecule has 2 saturated heterocycles. The number of hydrogen-bond acceptors (Lipinski definition) is 4. The average Bonchev–Trinajstić information content (AvgIpc) is 2.56. The molecule has 1 N–H and O–H groups in total. The van der Waals surface area contributed by atoms with Crippen LogP contribution in [0.25, 0.3) is 0 Å². The molecule has 23 heavy (non-hydrogen) atoms. The number of nitrogens with one attached hydrogen (secondary N) is 1. The van der Waals surface area contributed by atoms with Crippen LogP contribution in [0.3, 0.4) is 0 Å². The van der Waals surface area contributed by atoms with Gasteiger partial charge in [-0.15, -0.1) is 24.8 Å². The summed E-state index contributed by atoms with van der Waals surface area (Å²) < 4.78 is 0. The number of aromatic nitrogens is 1. The summed E-state index contributed by atoms with van der Waals surface area (Å²) in [5.41, 5.74) is -0.356. The highest BCUT2D eigenvalue weighted by molar-refractivity contribution is 5.86. The van der Waals surface area contributed by atoms with Gasteiger partial charge < -0.3 is 15.1 Å².